The van der Waals surface area contributed by atoms with Crippen LogP contribution >= 0.6 is 0 Å². The molecule has 3 aliphatic rings. The number of hydrogen-bond acceptors (Lipinski definition) is 8. The second kappa shape index (κ2) is 17.1. The van der Waals surface area contributed by atoms with Gasteiger partial charge in [-0.3, -0.25) is 9.69 Å². The topological polar surface area (TPSA) is 85.3 Å². The number of methoxy groups -OCH3 is 1. The molecular weight excluding hydrogens is 528 g/mol. The van der Waals surface area contributed by atoms with Gasteiger partial charge in [-0.2, -0.15) is 9.97 Å². The van der Waals surface area contributed by atoms with Crippen LogP contribution in [0.25, 0.3) is 0 Å². The Kier molecular flexibility index (Phi) is 14.2. The molecule has 0 spiro atoms. The van der Waals surface area contributed by atoms with Gasteiger partial charge in [0.25, 0.3) is 0 Å². The van der Waals surface area contributed by atoms with Crippen LogP contribution < -0.4 is 9.64 Å². The molecule has 3 aliphatic heterocycles. The number of carbonyl (C=O) groups is 1. The highest BCUT2D eigenvalue weighted by atomic mass is 16.5. The lowest BCUT2D eigenvalue weighted by Crippen LogP contribution is -2.54. The summed E-state index contributed by atoms with van der Waals surface area (Å²) in [7, 11) is 3.76. The average Bonchev–Trinajstić information content (AvgIpc) is 3.67. The number of aromatic nitrogens is 2. The lowest BCUT2D eigenvalue weighted by molar-refractivity contribution is -0.126. The number of rotatable bonds is 5. The zero-order chi connectivity index (χ0) is 31.4. The van der Waals surface area contributed by atoms with E-state index in [9.17, 15) is 9.90 Å². The van der Waals surface area contributed by atoms with Crippen LogP contribution in [-0.4, -0.2) is 88.6 Å². The van der Waals surface area contributed by atoms with Crippen molar-refractivity contribution in [1.29, 1.82) is 0 Å². The second-order valence-corrected chi connectivity index (χ2v) is 10.7. The predicted molar refractivity (Wildman–Crippen MR) is 172 cm³/mol. The third kappa shape index (κ3) is 8.67. The number of carbonyl (C=O) groups excluding carboxylic acids is 1. The molecule has 234 valence electrons. The van der Waals surface area contributed by atoms with Crippen LogP contribution in [0.15, 0.2) is 24.8 Å². The minimum absolute atomic E-state index is 0.0370. The third-order valence-corrected chi connectivity index (χ3v) is 7.89. The second-order valence-electron chi connectivity index (χ2n) is 10.7. The van der Waals surface area contributed by atoms with E-state index in [-0.39, 0.29) is 11.9 Å². The van der Waals surface area contributed by atoms with Crippen molar-refractivity contribution in [2.24, 2.45) is 0 Å². The molecule has 42 heavy (non-hydrogen) atoms. The fraction of sp³-hybridized carbons (Fsp3) is 0.606. The summed E-state index contributed by atoms with van der Waals surface area (Å²) in [5, 5.41) is 10.2. The Balaban J connectivity index is 0.000000533. The van der Waals surface area contributed by atoms with Crippen molar-refractivity contribution in [3.8, 4) is 11.8 Å². The maximum atomic E-state index is 12.1. The predicted octanol–water partition coefficient (Wildman–Crippen LogP) is 5.31. The van der Waals surface area contributed by atoms with Crippen LogP contribution in [-0.2, 0) is 24.4 Å². The SMILES string of the molecule is C=CC(=O)N1CCN(c2nc(OC)nc3c2CN(Cc2c(C)ccc(O)c2C)C3)C(C)C1.CC.CC.CN1CCCC1. The Morgan fingerprint density at radius 1 is 1.07 bits per heavy atom. The highest BCUT2D eigenvalue weighted by Crippen LogP contribution is 2.35. The van der Waals surface area contributed by atoms with Crippen LogP contribution in [0.1, 0.15) is 75.4 Å². The van der Waals surface area contributed by atoms with Gasteiger partial charge in [0.1, 0.15) is 11.6 Å². The Hall–Kier alpha value is -3.17. The molecule has 9 heteroatoms. The molecule has 5 rings (SSSR count). The number of hydrogen-bond donors (Lipinski definition) is 1. The third-order valence-electron chi connectivity index (χ3n) is 7.89. The minimum Gasteiger partial charge on any atom is -0.508 e. The number of ether oxygens (including phenoxy) is 1. The van der Waals surface area contributed by atoms with Gasteiger partial charge in [-0.15, -0.1) is 0 Å². The number of phenols is 1. The number of aryl methyl sites for hydroxylation is 1. The van der Waals surface area contributed by atoms with Gasteiger partial charge in [0.2, 0.25) is 5.91 Å². The van der Waals surface area contributed by atoms with Crippen molar-refractivity contribution in [2.75, 3.05) is 51.8 Å². The fourth-order valence-electron chi connectivity index (χ4n) is 5.54. The van der Waals surface area contributed by atoms with Gasteiger partial charge in [-0.1, -0.05) is 40.3 Å². The fourth-order valence-corrected chi connectivity index (χ4v) is 5.54. The van der Waals surface area contributed by atoms with Crippen molar-refractivity contribution < 1.29 is 14.6 Å². The van der Waals surface area contributed by atoms with Gasteiger partial charge in [-0.05, 0) is 82.6 Å². The summed E-state index contributed by atoms with van der Waals surface area (Å²) in [6.45, 7) is 24.5. The van der Waals surface area contributed by atoms with Crippen LogP contribution in [0.4, 0.5) is 5.82 Å². The van der Waals surface area contributed by atoms with Crippen LogP contribution in [0.3, 0.4) is 0 Å². The molecular formula is C33H54N6O3. The van der Waals surface area contributed by atoms with E-state index in [0.29, 0.717) is 37.9 Å². The molecule has 1 aromatic carbocycles. The van der Waals surface area contributed by atoms with Crippen LogP contribution in [0.2, 0.25) is 0 Å². The normalized spacial score (nSPS) is 18.1. The average molecular weight is 583 g/mol. The molecule has 0 radical (unpaired) electrons. The Morgan fingerprint density at radius 3 is 2.29 bits per heavy atom. The molecule has 1 unspecified atom stereocenters. The number of phenolic OH excluding ortho intramolecular Hbond substituents is 1. The van der Waals surface area contributed by atoms with E-state index in [0.717, 1.165) is 46.9 Å². The van der Waals surface area contributed by atoms with E-state index in [1.54, 1.807) is 13.2 Å². The van der Waals surface area contributed by atoms with Crippen molar-refractivity contribution in [2.45, 2.75) is 87.0 Å². The van der Waals surface area contributed by atoms with Gasteiger partial charge >= 0.3 is 6.01 Å². The molecule has 1 amide bonds. The smallest absolute Gasteiger partial charge is 0.318 e. The van der Waals surface area contributed by atoms with Gasteiger partial charge < -0.3 is 24.5 Å². The Labute approximate surface area is 254 Å². The lowest BCUT2D eigenvalue weighted by atomic mass is 10.0. The van der Waals surface area contributed by atoms with Crippen LogP contribution in [0.5, 0.6) is 11.8 Å². The number of benzene rings is 1. The number of likely N-dealkylation sites (tertiary alicyclic amines) is 1. The van der Waals surface area contributed by atoms with E-state index < -0.39 is 0 Å². The first-order chi connectivity index (χ1) is 20.2. The lowest BCUT2D eigenvalue weighted by Gasteiger charge is -2.40. The van der Waals surface area contributed by atoms with Gasteiger partial charge in [0, 0.05) is 50.9 Å². The number of piperazine rings is 1. The van der Waals surface area contributed by atoms with Crippen LogP contribution in [0, 0.1) is 13.8 Å². The molecule has 1 atom stereocenters. The van der Waals surface area contributed by atoms with E-state index in [1.165, 1.54) is 32.0 Å². The summed E-state index contributed by atoms with van der Waals surface area (Å²) in [4.78, 5) is 30.2. The molecule has 2 fully saturated rings. The standard InChI is InChI=1S/C24H31N5O3.C5H11N.2C2H6/c1-6-22(31)28-9-10-29(16(3)11-28)23-19-13-27(14-20(19)25-24(26-23)32-5)12-18-15(2)7-8-21(30)17(18)4;1-6-4-2-3-5-6;2*1-2/h6-8,16,30H,1,9-14H2,2-5H3;2-5H2,1H3;2*1-2H3. The number of nitrogens with zero attached hydrogens (tertiary/aromatic N) is 6. The Bertz CT molecular complexity index is 1160. The molecule has 1 aromatic heterocycles. The summed E-state index contributed by atoms with van der Waals surface area (Å²) in [5.74, 6) is 1.17. The molecule has 1 N–H and O–H groups in total. The number of amides is 1. The number of fused-ring (bicyclic) bond motifs is 1. The first-order valence-corrected chi connectivity index (χ1v) is 15.5. The van der Waals surface area contributed by atoms with Crippen molar-refractivity contribution in [3.05, 3.63) is 52.7 Å². The van der Waals surface area contributed by atoms with Gasteiger partial charge in [0.15, 0.2) is 0 Å². The summed E-state index contributed by atoms with van der Waals surface area (Å²) in [6, 6.07) is 4.18. The Morgan fingerprint density at radius 2 is 1.74 bits per heavy atom. The molecule has 0 aliphatic carbocycles. The largest absolute Gasteiger partial charge is 0.508 e. The first kappa shape index (κ1) is 35.0. The maximum Gasteiger partial charge on any atom is 0.318 e. The van der Waals surface area contributed by atoms with E-state index in [2.05, 4.69) is 47.2 Å². The van der Waals surface area contributed by atoms with Gasteiger partial charge in [-0.25, -0.2) is 0 Å². The zero-order valence-corrected chi connectivity index (χ0v) is 27.5. The molecule has 9 nitrogen and oxygen atoms in total. The summed E-state index contributed by atoms with van der Waals surface area (Å²) >= 11 is 0. The number of aromatic hydroxyl groups is 1. The number of anilines is 1. The summed E-state index contributed by atoms with van der Waals surface area (Å²) < 4.78 is 5.41. The van der Waals surface area contributed by atoms with Crippen molar-refractivity contribution in [1.82, 2.24) is 24.7 Å². The van der Waals surface area contributed by atoms with Crippen molar-refractivity contribution in [3.63, 3.8) is 0 Å². The maximum absolute atomic E-state index is 12.1. The van der Waals surface area contributed by atoms with E-state index >= 15 is 0 Å². The molecule has 2 aromatic rings. The van der Waals surface area contributed by atoms with E-state index in [1.807, 2.05) is 45.6 Å². The zero-order valence-electron chi connectivity index (χ0n) is 27.5. The highest BCUT2D eigenvalue weighted by Gasteiger charge is 2.33. The van der Waals surface area contributed by atoms with Gasteiger partial charge in [0.05, 0.1) is 12.8 Å². The molecule has 0 bridgehead atoms. The van der Waals surface area contributed by atoms with Crippen molar-refractivity contribution >= 4 is 11.7 Å². The quantitative estimate of drug-likeness (QED) is 0.475. The summed E-state index contributed by atoms with van der Waals surface area (Å²) in [6.07, 6.45) is 4.20. The monoisotopic (exact) mass is 582 g/mol. The molecule has 4 heterocycles. The van der Waals surface area contributed by atoms with E-state index in [4.69, 9.17) is 9.72 Å². The highest BCUT2D eigenvalue weighted by molar-refractivity contribution is 5.87. The first-order valence-electron chi connectivity index (χ1n) is 15.5. The minimum atomic E-state index is -0.0370. The molecule has 0 saturated carbocycles. The molecule has 2 saturated heterocycles. The summed E-state index contributed by atoms with van der Waals surface area (Å²) in [5.41, 5.74) is 5.30.